The molecule has 5 nitrogen and oxygen atoms in total. The number of rotatable bonds is 7. The molecule has 1 aliphatic heterocycles. The van der Waals surface area contributed by atoms with Crippen molar-refractivity contribution in [3.63, 3.8) is 0 Å². The molecule has 2 unspecified atom stereocenters. The second-order valence-electron chi connectivity index (χ2n) is 7.39. The fourth-order valence-electron chi connectivity index (χ4n) is 3.63. The molecule has 2 rings (SSSR count). The SMILES string of the molecule is CCCN(CCC)C(=O)c1cccc(C(=O)N2CCCC(C(C)N)C2)c1. The summed E-state index contributed by atoms with van der Waals surface area (Å²) in [5, 5.41) is 0. The van der Waals surface area contributed by atoms with Gasteiger partial charge >= 0.3 is 0 Å². The van der Waals surface area contributed by atoms with Crippen LogP contribution in [0, 0.1) is 5.92 Å². The van der Waals surface area contributed by atoms with Gasteiger partial charge < -0.3 is 15.5 Å². The summed E-state index contributed by atoms with van der Waals surface area (Å²) in [6.45, 7) is 9.10. The Morgan fingerprint density at radius 3 is 2.50 bits per heavy atom. The minimum absolute atomic E-state index is 0.00235. The second-order valence-corrected chi connectivity index (χ2v) is 7.39. The van der Waals surface area contributed by atoms with Crippen LogP contribution in [-0.2, 0) is 0 Å². The Morgan fingerprint density at radius 2 is 1.88 bits per heavy atom. The molecule has 0 saturated carbocycles. The average molecular weight is 360 g/mol. The van der Waals surface area contributed by atoms with Gasteiger partial charge in [-0.15, -0.1) is 0 Å². The van der Waals surface area contributed by atoms with Crippen LogP contribution in [0.4, 0.5) is 0 Å². The maximum Gasteiger partial charge on any atom is 0.253 e. The van der Waals surface area contributed by atoms with Gasteiger partial charge in [0.15, 0.2) is 0 Å². The average Bonchev–Trinajstić information content (AvgIpc) is 2.67. The van der Waals surface area contributed by atoms with Gasteiger partial charge in [-0.2, -0.15) is 0 Å². The van der Waals surface area contributed by atoms with Gasteiger partial charge in [-0.1, -0.05) is 19.9 Å². The number of likely N-dealkylation sites (tertiary alicyclic amines) is 1. The number of hydrogen-bond acceptors (Lipinski definition) is 3. The minimum atomic E-state index is 0.00235. The Labute approximate surface area is 157 Å². The zero-order valence-corrected chi connectivity index (χ0v) is 16.4. The Kier molecular flexibility index (Phi) is 7.64. The van der Waals surface area contributed by atoms with E-state index in [1.807, 2.05) is 22.8 Å². The Morgan fingerprint density at radius 1 is 1.23 bits per heavy atom. The molecule has 26 heavy (non-hydrogen) atoms. The maximum atomic E-state index is 12.9. The van der Waals surface area contributed by atoms with Gasteiger partial charge in [0.2, 0.25) is 0 Å². The standard InChI is InChI=1S/C21H33N3O2/c1-4-11-23(12-5-2)20(25)17-8-6-9-18(14-17)21(26)24-13-7-10-19(15-24)16(3)22/h6,8-9,14,16,19H,4-5,7,10-13,15,22H2,1-3H3. The lowest BCUT2D eigenvalue weighted by Gasteiger charge is -2.34. The molecule has 2 amide bonds. The van der Waals surface area contributed by atoms with Crippen molar-refractivity contribution in [3.8, 4) is 0 Å². The Hall–Kier alpha value is -1.88. The van der Waals surface area contributed by atoms with Gasteiger partial charge in [0.25, 0.3) is 11.8 Å². The van der Waals surface area contributed by atoms with Gasteiger partial charge in [-0.25, -0.2) is 0 Å². The summed E-state index contributed by atoms with van der Waals surface area (Å²) in [6.07, 6.45) is 3.91. The van der Waals surface area contributed by atoms with Crippen molar-refractivity contribution in [1.82, 2.24) is 9.80 Å². The first-order chi connectivity index (χ1) is 12.5. The van der Waals surface area contributed by atoms with E-state index in [0.717, 1.165) is 45.3 Å². The van der Waals surface area contributed by atoms with Gasteiger partial charge in [-0.3, -0.25) is 9.59 Å². The molecule has 1 aromatic rings. The van der Waals surface area contributed by atoms with Crippen LogP contribution in [0.3, 0.4) is 0 Å². The smallest absolute Gasteiger partial charge is 0.253 e. The van der Waals surface area contributed by atoms with Gasteiger partial charge in [-0.05, 0) is 56.7 Å². The number of nitrogens with two attached hydrogens (primary N) is 1. The zero-order valence-electron chi connectivity index (χ0n) is 16.4. The van der Waals surface area contributed by atoms with Crippen LogP contribution >= 0.6 is 0 Å². The largest absolute Gasteiger partial charge is 0.339 e. The highest BCUT2D eigenvalue weighted by molar-refractivity contribution is 5.99. The molecule has 2 atom stereocenters. The first kappa shape index (κ1) is 20.4. The van der Waals surface area contributed by atoms with E-state index >= 15 is 0 Å². The molecule has 0 aromatic heterocycles. The molecular formula is C21H33N3O2. The molecule has 1 aromatic carbocycles. The predicted molar refractivity (Wildman–Crippen MR) is 105 cm³/mol. The molecule has 1 fully saturated rings. The topological polar surface area (TPSA) is 66.6 Å². The summed E-state index contributed by atoms with van der Waals surface area (Å²) >= 11 is 0. The molecule has 1 aliphatic rings. The number of carbonyl (C=O) groups is 2. The van der Waals surface area contributed by atoms with E-state index in [4.69, 9.17) is 5.73 Å². The van der Waals surface area contributed by atoms with Crippen LogP contribution in [-0.4, -0.2) is 53.8 Å². The number of benzene rings is 1. The van der Waals surface area contributed by atoms with Crippen molar-refractivity contribution < 1.29 is 9.59 Å². The molecule has 1 heterocycles. The summed E-state index contributed by atoms with van der Waals surface area (Å²) in [5.74, 6) is 0.361. The molecule has 0 spiro atoms. The van der Waals surface area contributed by atoms with Crippen molar-refractivity contribution in [1.29, 1.82) is 0 Å². The highest BCUT2D eigenvalue weighted by Gasteiger charge is 2.27. The number of carbonyl (C=O) groups excluding carboxylic acids is 2. The summed E-state index contributed by atoms with van der Waals surface area (Å²) in [6, 6.07) is 7.26. The lowest BCUT2D eigenvalue weighted by Crippen LogP contribution is -2.45. The highest BCUT2D eigenvalue weighted by Crippen LogP contribution is 2.21. The van der Waals surface area contributed by atoms with Crippen LogP contribution in [0.1, 0.15) is 67.2 Å². The zero-order chi connectivity index (χ0) is 19.1. The molecule has 5 heteroatoms. The van der Waals surface area contributed by atoms with Crippen LogP contribution in [0.2, 0.25) is 0 Å². The summed E-state index contributed by atoms with van der Waals surface area (Å²) in [4.78, 5) is 29.5. The van der Waals surface area contributed by atoms with E-state index in [-0.39, 0.29) is 17.9 Å². The number of hydrogen-bond donors (Lipinski definition) is 1. The van der Waals surface area contributed by atoms with Gasteiger partial charge in [0, 0.05) is 43.3 Å². The molecule has 144 valence electrons. The summed E-state index contributed by atoms with van der Waals surface area (Å²) < 4.78 is 0. The fourth-order valence-corrected chi connectivity index (χ4v) is 3.63. The van der Waals surface area contributed by atoms with Gasteiger partial charge in [0.05, 0.1) is 0 Å². The summed E-state index contributed by atoms with van der Waals surface area (Å²) in [5.41, 5.74) is 7.22. The molecular weight excluding hydrogens is 326 g/mol. The second kappa shape index (κ2) is 9.72. The van der Waals surface area contributed by atoms with E-state index in [1.165, 1.54) is 0 Å². The van der Waals surface area contributed by atoms with E-state index in [0.29, 0.717) is 23.6 Å². The number of piperidine rings is 1. The van der Waals surface area contributed by atoms with Crippen molar-refractivity contribution >= 4 is 11.8 Å². The Balaban J connectivity index is 2.14. The number of nitrogens with zero attached hydrogens (tertiary/aromatic N) is 2. The van der Waals surface area contributed by atoms with Crippen LogP contribution in [0.25, 0.3) is 0 Å². The normalized spacial score (nSPS) is 18.5. The maximum absolute atomic E-state index is 12.9. The van der Waals surface area contributed by atoms with Crippen molar-refractivity contribution in [2.75, 3.05) is 26.2 Å². The van der Waals surface area contributed by atoms with Gasteiger partial charge in [0.1, 0.15) is 0 Å². The highest BCUT2D eigenvalue weighted by atomic mass is 16.2. The van der Waals surface area contributed by atoms with E-state index in [9.17, 15) is 9.59 Å². The summed E-state index contributed by atoms with van der Waals surface area (Å²) in [7, 11) is 0. The third kappa shape index (κ3) is 5.07. The van der Waals surface area contributed by atoms with Crippen LogP contribution in [0.15, 0.2) is 24.3 Å². The molecule has 0 bridgehead atoms. The quantitative estimate of drug-likeness (QED) is 0.813. The van der Waals surface area contributed by atoms with Crippen molar-refractivity contribution in [2.24, 2.45) is 11.7 Å². The number of amides is 2. The minimum Gasteiger partial charge on any atom is -0.339 e. The predicted octanol–water partition coefficient (Wildman–Crippen LogP) is 3.15. The molecule has 0 aliphatic carbocycles. The van der Waals surface area contributed by atoms with Crippen molar-refractivity contribution in [2.45, 2.75) is 52.5 Å². The van der Waals surface area contributed by atoms with E-state index in [2.05, 4.69) is 13.8 Å². The first-order valence-electron chi connectivity index (χ1n) is 9.92. The lowest BCUT2D eigenvalue weighted by molar-refractivity contribution is 0.0661. The monoisotopic (exact) mass is 359 g/mol. The molecule has 0 radical (unpaired) electrons. The third-order valence-electron chi connectivity index (χ3n) is 5.12. The van der Waals surface area contributed by atoms with Crippen LogP contribution < -0.4 is 5.73 Å². The van der Waals surface area contributed by atoms with E-state index < -0.39 is 0 Å². The molecule has 1 saturated heterocycles. The first-order valence-corrected chi connectivity index (χ1v) is 9.92. The lowest BCUT2D eigenvalue weighted by atomic mass is 9.92. The van der Waals surface area contributed by atoms with Crippen molar-refractivity contribution in [3.05, 3.63) is 35.4 Å². The molecule has 2 N–H and O–H groups in total. The van der Waals surface area contributed by atoms with E-state index in [1.54, 1.807) is 18.2 Å². The van der Waals surface area contributed by atoms with Crippen LogP contribution in [0.5, 0.6) is 0 Å². The third-order valence-corrected chi connectivity index (χ3v) is 5.12. The Bertz CT molecular complexity index is 609. The fraction of sp³-hybridized carbons (Fsp3) is 0.619.